The summed E-state index contributed by atoms with van der Waals surface area (Å²) < 4.78 is 5.88. The lowest BCUT2D eigenvalue weighted by Crippen LogP contribution is -2.36. The SMILES string of the molecule is OC(CNC1CCCc2ccccc21)COc1cccc2c1CC(O)C(O)C2. The van der Waals surface area contributed by atoms with Crippen LogP contribution in [-0.2, 0) is 19.3 Å². The number of hydrogen-bond donors (Lipinski definition) is 4. The van der Waals surface area contributed by atoms with Crippen molar-refractivity contribution in [3.05, 3.63) is 64.7 Å². The van der Waals surface area contributed by atoms with Crippen molar-refractivity contribution in [3.8, 4) is 5.75 Å². The summed E-state index contributed by atoms with van der Waals surface area (Å²) in [6, 6.07) is 14.5. The number of ether oxygens (including phenoxy) is 1. The Hall–Kier alpha value is -1.92. The molecule has 5 heteroatoms. The highest BCUT2D eigenvalue weighted by atomic mass is 16.5. The molecule has 2 aromatic rings. The van der Waals surface area contributed by atoms with Gasteiger partial charge in [-0.05, 0) is 42.0 Å². The zero-order chi connectivity index (χ0) is 19.5. The number of aliphatic hydroxyl groups is 3. The molecule has 4 atom stereocenters. The second-order valence-electron chi connectivity index (χ2n) is 7.95. The van der Waals surface area contributed by atoms with Crippen molar-refractivity contribution >= 4 is 0 Å². The van der Waals surface area contributed by atoms with Crippen LogP contribution in [0.1, 0.15) is 41.1 Å². The molecule has 0 amide bonds. The fourth-order valence-corrected chi connectivity index (χ4v) is 4.36. The van der Waals surface area contributed by atoms with Crippen LogP contribution in [0.2, 0.25) is 0 Å². The average molecular weight is 383 g/mol. The van der Waals surface area contributed by atoms with Crippen molar-refractivity contribution in [3.63, 3.8) is 0 Å². The molecule has 5 nitrogen and oxygen atoms in total. The van der Waals surface area contributed by atoms with Crippen LogP contribution in [0.5, 0.6) is 5.75 Å². The molecule has 4 rings (SSSR count). The Morgan fingerprint density at radius 1 is 1.00 bits per heavy atom. The van der Waals surface area contributed by atoms with Crippen LogP contribution in [0.3, 0.4) is 0 Å². The van der Waals surface area contributed by atoms with Gasteiger partial charge in [-0.15, -0.1) is 0 Å². The number of hydrogen-bond acceptors (Lipinski definition) is 5. The first kappa shape index (κ1) is 19.4. The predicted octanol–water partition coefficient (Wildman–Crippen LogP) is 1.91. The maximum atomic E-state index is 10.4. The zero-order valence-corrected chi connectivity index (χ0v) is 16.1. The number of aliphatic hydroxyl groups excluding tert-OH is 3. The maximum Gasteiger partial charge on any atom is 0.123 e. The quantitative estimate of drug-likeness (QED) is 0.613. The minimum atomic E-state index is -0.768. The largest absolute Gasteiger partial charge is 0.491 e. The summed E-state index contributed by atoms with van der Waals surface area (Å²) >= 11 is 0. The summed E-state index contributed by atoms with van der Waals surface area (Å²) in [4.78, 5) is 0. The minimum Gasteiger partial charge on any atom is -0.491 e. The number of benzene rings is 2. The molecule has 0 aromatic heterocycles. The summed E-state index contributed by atoms with van der Waals surface area (Å²) in [5.41, 5.74) is 4.67. The minimum absolute atomic E-state index is 0.191. The van der Waals surface area contributed by atoms with Crippen molar-refractivity contribution in [1.82, 2.24) is 5.32 Å². The normalized spacial score (nSPS) is 24.9. The van der Waals surface area contributed by atoms with Gasteiger partial charge in [0.05, 0.1) is 12.2 Å². The lowest BCUT2D eigenvalue weighted by Gasteiger charge is -2.28. The highest BCUT2D eigenvalue weighted by molar-refractivity contribution is 5.43. The van der Waals surface area contributed by atoms with Gasteiger partial charge in [0.2, 0.25) is 0 Å². The van der Waals surface area contributed by atoms with Crippen molar-refractivity contribution in [2.24, 2.45) is 0 Å². The molecule has 2 aliphatic carbocycles. The Balaban J connectivity index is 1.33. The molecule has 2 aromatic carbocycles. The standard InChI is InChI=1S/C23H29NO4/c25-17(13-24-20-9-3-6-15-5-1-2-8-18(15)20)14-28-23-10-4-7-16-11-21(26)22(27)12-19(16)23/h1-2,4-5,7-8,10,17,20-22,24-27H,3,6,9,11-14H2. The summed E-state index contributed by atoms with van der Waals surface area (Å²) in [6.07, 6.45) is 2.05. The average Bonchev–Trinajstić information content (AvgIpc) is 2.71. The molecular weight excluding hydrogens is 354 g/mol. The van der Waals surface area contributed by atoms with Crippen LogP contribution in [-0.4, -0.2) is 46.8 Å². The molecule has 0 fully saturated rings. The second-order valence-corrected chi connectivity index (χ2v) is 7.95. The Morgan fingerprint density at radius 3 is 2.68 bits per heavy atom. The van der Waals surface area contributed by atoms with Crippen LogP contribution in [0.25, 0.3) is 0 Å². The van der Waals surface area contributed by atoms with Gasteiger partial charge < -0.3 is 25.4 Å². The molecule has 150 valence electrons. The van der Waals surface area contributed by atoms with E-state index in [2.05, 4.69) is 29.6 Å². The zero-order valence-electron chi connectivity index (χ0n) is 16.1. The van der Waals surface area contributed by atoms with E-state index in [-0.39, 0.29) is 12.6 Å². The molecule has 4 N–H and O–H groups in total. The van der Waals surface area contributed by atoms with Gasteiger partial charge in [-0.2, -0.15) is 0 Å². The van der Waals surface area contributed by atoms with E-state index in [0.717, 1.165) is 30.4 Å². The van der Waals surface area contributed by atoms with Gasteiger partial charge in [0.1, 0.15) is 18.5 Å². The van der Waals surface area contributed by atoms with E-state index in [1.54, 1.807) is 0 Å². The fourth-order valence-electron chi connectivity index (χ4n) is 4.36. The molecule has 4 unspecified atom stereocenters. The predicted molar refractivity (Wildman–Crippen MR) is 107 cm³/mol. The molecule has 2 aliphatic rings. The van der Waals surface area contributed by atoms with Crippen molar-refractivity contribution in [2.75, 3.05) is 13.2 Å². The third kappa shape index (κ3) is 4.23. The van der Waals surface area contributed by atoms with Crippen molar-refractivity contribution in [1.29, 1.82) is 0 Å². The van der Waals surface area contributed by atoms with E-state index < -0.39 is 18.3 Å². The summed E-state index contributed by atoms with van der Waals surface area (Å²) in [5, 5.41) is 33.7. The molecule has 0 saturated heterocycles. The van der Waals surface area contributed by atoms with Gasteiger partial charge in [0.15, 0.2) is 0 Å². The van der Waals surface area contributed by atoms with Gasteiger partial charge >= 0.3 is 0 Å². The van der Waals surface area contributed by atoms with E-state index in [1.807, 2.05) is 18.2 Å². The molecule has 0 aliphatic heterocycles. The second kappa shape index (κ2) is 8.62. The number of rotatable bonds is 6. The monoisotopic (exact) mass is 383 g/mol. The number of fused-ring (bicyclic) bond motifs is 2. The topological polar surface area (TPSA) is 82.0 Å². The van der Waals surface area contributed by atoms with Crippen LogP contribution >= 0.6 is 0 Å². The summed E-state index contributed by atoms with van der Waals surface area (Å²) in [5.74, 6) is 0.686. The Labute approximate surface area is 166 Å². The molecule has 0 saturated carbocycles. The summed E-state index contributed by atoms with van der Waals surface area (Å²) in [6.45, 7) is 0.659. The van der Waals surface area contributed by atoms with Gasteiger partial charge in [0.25, 0.3) is 0 Å². The van der Waals surface area contributed by atoms with E-state index in [9.17, 15) is 15.3 Å². The lowest BCUT2D eigenvalue weighted by molar-refractivity contribution is 0.0132. The Kier molecular flexibility index (Phi) is 5.97. The van der Waals surface area contributed by atoms with Crippen LogP contribution in [0, 0.1) is 0 Å². The van der Waals surface area contributed by atoms with Gasteiger partial charge in [-0.3, -0.25) is 0 Å². The molecule has 0 spiro atoms. The highest BCUT2D eigenvalue weighted by Gasteiger charge is 2.27. The van der Waals surface area contributed by atoms with Crippen molar-refractivity contribution < 1.29 is 20.1 Å². The van der Waals surface area contributed by atoms with E-state index >= 15 is 0 Å². The molecule has 28 heavy (non-hydrogen) atoms. The molecule has 0 heterocycles. The van der Waals surface area contributed by atoms with Gasteiger partial charge in [-0.1, -0.05) is 36.4 Å². The fraction of sp³-hybridized carbons (Fsp3) is 0.478. The van der Waals surface area contributed by atoms with Crippen molar-refractivity contribution in [2.45, 2.75) is 56.5 Å². The van der Waals surface area contributed by atoms with Gasteiger partial charge in [0, 0.05) is 31.0 Å². The van der Waals surface area contributed by atoms with E-state index in [0.29, 0.717) is 25.1 Å². The summed E-state index contributed by atoms with van der Waals surface area (Å²) in [7, 11) is 0. The third-order valence-corrected chi connectivity index (χ3v) is 5.92. The Morgan fingerprint density at radius 2 is 1.79 bits per heavy atom. The molecule has 0 bridgehead atoms. The van der Waals surface area contributed by atoms with Gasteiger partial charge in [-0.25, -0.2) is 0 Å². The lowest BCUT2D eigenvalue weighted by atomic mass is 9.87. The first-order valence-electron chi connectivity index (χ1n) is 10.2. The Bertz CT molecular complexity index is 809. The maximum absolute atomic E-state index is 10.4. The molecule has 0 radical (unpaired) electrons. The van der Waals surface area contributed by atoms with Crippen LogP contribution in [0.4, 0.5) is 0 Å². The van der Waals surface area contributed by atoms with E-state index in [4.69, 9.17) is 4.74 Å². The number of aryl methyl sites for hydroxylation is 1. The van der Waals surface area contributed by atoms with Crippen LogP contribution < -0.4 is 10.1 Å². The smallest absolute Gasteiger partial charge is 0.123 e. The number of nitrogens with one attached hydrogen (secondary N) is 1. The van der Waals surface area contributed by atoms with E-state index in [1.165, 1.54) is 11.1 Å². The van der Waals surface area contributed by atoms with Crippen LogP contribution in [0.15, 0.2) is 42.5 Å². The molecular formula is C23H29NO4. The third-order valence-electron chi connectivity index (χ3n) is 5.92. The first-order chi connectivity index (χ1) is 13.6. The highest BCUT2D eigenvalue weighted by Crippen LogP contribution is 2.31. The first-order valence-corrected chi connectivity index (χ1v) is 10.2.